The molecule has 2 saturated heterocycles. The first-order chi connectivity index (χ1) is 16.9. The monoisotopic (exact) mass is 481 g/mol. The number of hydrogen-bond donors (Lipinski definition) is 2. The van der Waals surface area contributed by atoms with Crippen LogP contribution >= 0.6 is 0 Å². The average molecular weight is 482 g/mol. The molecule has 35 heavy (non-hydrogen) atoms. The van der Waals surface area contributed by atoms with E-state index in [9.17, 15) is 14.3 Å². The second-order valence-electron chi connectivity index (χ2n) is 9.64. The summed E-state index contributed by atoms with van der Waals surface area (Å²) in [7, 11) is 1.41. The Morgan fingerprint density at radius 2 is 2.03 bits per heavy atom. The minimum atomic E-state index is -0.976. The maximum absolute atomic E-state index is 15.3. The summed E-state index contributed by atoms with van der Waals surface area (Å²) in [5, 5.41) is 22.5. The van der Waals surface area contributed by atoms with Crippen molar-refractivity contribution in [2.45, 2.75) is 62.4 Å². The number of piperidine rings is 1. The minimum Gasteiger partial charge on any atom is -0.507 e. The number of aromatic nitrogens is 5. The van der Waals surface area contributed by atoms with Crippen LogP contribution in [0.4, 0.5) is 14.6 Å². The molecule has 2 bridgehead atoms. The number of halogens is 2. The first-order valence-electron chi connectivity index (χ1n) is 11.8. The molecular weight excluding hydrogens is 456 g/mol. The summed E-state index contributed by atoms with van der Waals surface area (Å²) < 4.78 is 30.6. The van der Waals surface area contributed by atoms with E-state index < -0.39 is 17.7 Å². The summed E-state index contributed by atoms with van der Waals surface area (Å²) in [6, 6.07) is 4.58. The van der Waals surface area contributed by atoms with E-state index in [2.05, 4.69) is 25.5 Å². The summed E-state index contributed by atoms with van der Waals surface area (Å²) in [5.74, 6) is -0.156. The van der Waals surface area contributed by atoms with Crippen molar-refractivity contribution in [1.82, 2.24) is 30.0 Å². The Bertz CT molecular complexity index is 1330. The van der Waals surface area contributed by atoms with Gasteiger partial charge in [0, 0.05) is 36.9 Å². The number of phenols is 1. The van der Waals surface area contributed by atoms with Gasteiger partial charge in [-0.15, -0.1) is 10.2 Å². The van der Waals surface area contributed by atoms with Gasteiger partial charge in [-0.3, -0.25) is 4.57 Å². The van der Waals surface area contributed by atoms with Crippen LogP contribution in [-0.4, -0.2) is 60.2 Å². The molecule has 4 heterocycles. The van der Waals surface area contributed by atoms with E-state index in [-0.39, 0.29) is 41.0 Å². The van der Waals surface area contributed by atoms with Crippen molar-refractivity contribution in [2.24, 2.45) is 7.05 Å². The van der Waals surface area contributed by atoms with Gasteiger partial charge in [0.25, 0.3) is 0 Å². The summed E-state index contributed by atoms with van der Waals surface area (Å²) in [6.45, 7) is 0. The second kappa shape index (κ2) is 8.33. The van der Waals surface area contributed by atoms with Gasteiger partial charge >= 0.3 is 5.69 Å². The van der Waals surface area contributed by atoms with Crippen LogP contribution in [0, 0.1) is 5.82 Å². The smallest absolute Gasteiger partial charge is 0.348 e. The quantitative estimate of drug-likeness (QED) is 0.572. The highest BCUT2D eigenvalue weighted by Crippen LogP contribution is 2.40. The lowest BCUT2D eigenvalue weighted by atomic mass is 9.96. The van der Waals surface area contributed by atoms with Crippen LogP contribution in [-0.2, 0) is 7.05 Å². The van der Waals surface area contributed by atoms with E-state index in [0.717, 1.165) is 42.9 Å². The average Bonchev–Trinajstić information content (AvgIpc) is 3.59. The number of hydrogen-bond acceptors (Lipinski definition) is 8. The highest BCUT2D eigenvalue weighted by Gasteiger charge is 2.48. The fourth-order valence-electron chi connectivity index (χ4n) is 5.32. The van der Waals surface area contributed by atoms with Gasteiger partial charge in [-0.1, -0.05) is 6.07 Å². The molecule has 0 radical (unpaired) electrons. The van der Waals surface area contributed by atoms with E-state index in [4.69, 9.17) is 0 Å². The van der Waals surface area contributed by atoms with Crippen LogP contribution in [0.5, 0.6) is 5.75 Å². The van der Waals surface area contributed by atoms with E-state index in [0.29, 0.717) is 17.4 Å². The highest BCUT2D eigenvalue weighted by molar-refractivity contribution is 5.71. The van der Waals surface area contributed by atoms with Gasteiger partial charge in [0.05, 0.1) is 17.8 Å². The molecule has 4 atom stereocenters. The number of nitrogens with zero attached hydrogens (tertiary/aromatic N) is 6. The molecule has 182 valence electrons. The number of aromatic hydroxyl groups is 1. The summed E-state index contributed by atoms with van der Waals surface area (Å²) in [6.07, 6.45) is 6.21. The predicted molar refractivity (Wildman–Crippen MR) is 124 cm³/mol. The molecule has 1 aromatic carbocycles. The molecule has 11 heteroatoms. The molecule has 1 saturated carbocycles. The zero-order valence-corrected chi connectivity index (χ0v) is 19.1. The van der Waals surface area contributed by atoms with Crippen LogP contribution in [0.25, 0.3) is 22.6 Å². The number of aryl methyl sites for hydroxylation is 1. The minimum absolute atomic E-state index is 0.111. The fourth-order valence-corrected chi connectivity index (χ4v) is 5.32. The molecule has 3 aliphatic rings. The van der Waals surface area contributed by atoms with E-state index in [1.54, 1.807) is 6.20 Å². The number of anilines is 1. The van der Waals surface area contributed by atoms with Crippen molar-refractivity contribution in [3.05, 3.63) is 46.9 Å². The molecule has 0 unspecified atom stereocenters. The lowest BCUT2D eigenvalue weighted by molar-refractivity contribution is 0.171. The van der Waals surface area contributed by atoms with Crippen LogP contribution in [0.15, 0.2) is 35.4 Å². The van der Waals surface area contributed by atoms with Crippen molar-refractivity contribution in [3.63, 3.8) is 0 Å². The Kier molecular flexibility index (Phi) is 5.24. The van der Waals surface area contributed by atoms with E-state index >= 15 is 4.39 Å². The SMILES string of the molecule is Cn1cc(F)c(-c2ccc(-c3ncc(N(C4CC4)[C@H]4C[C@H]5CC[C@H](N5)[C@H]4F)nn3)c(O)c2)nc1=O. The number of alkyl halides is 1. The Morgan fingerprint density at radius 1 is 1.20 bits per heavy atom. The second-order valence-corrected chi connectivity index (χ2v) is 9.64. The van der Waals surface area contributed by atoms with E-state index in [1.807, 2.05) is 4.90 Å². The largest absolute Gasteiger partial charge is 0.507 e. The van der Waals surface area contributed by atoms with Crippen molar-refractivity contribution >= 4 is 5.82 Å². The van der Waals surface area contributed by atoms with Crippen LogP contribution in [0.2, 0.25) is 0 Å². The molecule has 1 aliphatic carbocycles. The van der Waals surface area contributed by atoms with Gasteiger partial charge < -0.3 is 15.3 Å². The molecule has 0 spiro atoms. The zero-order chi connectivity index (χ0) is 24.3. The molecule has 2 aromatic heterocycles. The third-order valence-corrected chi connectivity index (χ3v) is 7.22. The maximum atomic E-state index is 15.3. The highest BCUT2D eigenvalue weighted by atomic mass is 19.1. The number of benzene rings is 1. The van der Waals surface area contributed by atoms with Gasteiger partial charge in [0.2, 0.25) is 0 Å². The topological polar surface area (TPSA) is 109 Å². The van der Waals surface area contributed by atoms with Crippen molar-refractivity contribution in [2.75, 3.05) is 4.90 Å². The fraction of sp³-hybridized carbons (Fsp3) is 0.458. The Morgan fingerprint density at radius 3 is 2.74 bits per heavy atom. The van der Waals surface area contributed by atoms with Crippen molar-refractivity contribution in [1.29, 1.82) is 0 Å². The first kappa shape index (κ1) is 22.0. The Balaban J connectivity index is 1.28. The maximum Gasteiger partial charge on any atom is 0.348 e. The van der Waals surface area contributed by atoms with Crippen molar-refractivity contribution in [3.8, 4) is 28.4 Å². The number of fused-ring (bicyclic) bond motifs is 2. The summed E-state index contributed by atoms with van der Waals surface area (Å²) >= 11 is 0. The van der Waals surface area contributed by atoms with Gasteiger partial charge in [0.1, 0.15) is 17.6 Å². The normalized spacial score (nSPS) is 25.6. The van der Waals surface area contributed by atoms with Crippen LogP contribution in [0.3, 0.4) is 0 Å². The Labute approximate surface area is 199 Å². The molecule has 2 aliphatic heterocycles. The predicted octanol–water partition coefficient (Wildman–Crippen LogP) is 2.34. The molecular formula is C24H25F2N7O2. The summed E-state index contributed by atoms with van der Waals surface area (Å²) in [5.41, 5.74) is -0.203. The van der Waals surface area contributed by atoms with Crippen LogP contribution in [0.1, 0.15) is 32.1 Å². The van der Waals surface area contributed by atoms with Gasteiger partial charge in [-0.2, -0.15) is 4.98 Å². The molecule has 0 amide bonds. The number of rotatable bonds is 5. The zero-order valence-electron chi connectivity index (χ0n) is 19.1. The first-order valence-corrected chi connectivity index (χ1v) is 11.8. The number of phenolic OH excluding ortho intramolecular Hbond substituents is 1. The molecule has 2 N–H and O–H groups in total. The van der Waals surface area contributed by atoms with Crippen LogP contribution < -0.4 is 15.9 Å². The third kappa shape index (κ3) is 3.93. The Hall–Kier alpha value is -3.47. The number of nitrogens with one attached hydrogen (secondary N) is 1. The molecule has 3 fully saturated rings. The van der Waals surface area contributed by atoms with Gasteiger partial charge in [0.15, 0.2) is 17.5 Å². The molecule has 6 rings (SSSR count). The lowest BCUT2D eigenvalue weighted by Gasteiger charge is -2.40. The molecule has 3 aromatic rings. The van der Waals surface area contributed by atoms with Crippen molar-refractivity contribution < 1.29 is 13.9 Å². The van der Waals surface area contributed by atoms with Gasteiger partial charge in [-0.05, 0) is 44.2 Å². The standard InChI is InChI=1S/C24H25F2N7O2/c1-32-11-16(25)22(29-24(32)35)12-2-6-15(19(34)8-12)23-27-10-20(30-31-23)33(14-4-5-14)18-9-13-3-7-17(28-13)21(18)26/h2,6,8,10-11,13-14,17-18,21,28,34H,3-5,7,9H2,1H3/t13-,17+,18+,21-/m1/s1. The molecule has 9 nitrogen and oxygen atoms in total. The van der Waals surface area contributed by atoms with Gasteiger partial charge in [-0.25, -0.2) is 18.6 Å². The third-order valence-electron chi connectivity index (χ3n) is 7.22. The summed E-state index contributed by atoms with van der Waals surface area (Å²) in [4.78, 5) is 22.0. The lowest BCUT2D eigenvalue weighted by Crippen LogP contribution is -2.57. The van der Waals surface area contributed by atoms with E-state index in [1.165, 1.54) is 25.2 Å².